The summed E-state index contributed by atoms with van der Waals surface area (Å²) in [4.78, 5) is 14.2. The molecule has 2 aliphatic heterocycles. The molecular weight excluding hydrogens is 254 g/mol. The molecule has 4 N–H and O–H groups in total. The van der Waals surface area contributed by atoms with Crippen molar-refractivity contribution in [3.8, 4) is 0 Å². The van der Waals surface area contributed by atoms with Gasteiger partial charge >= 0.3 is 0 Å². The van der Waals surface area contributed by atoms with Gasteiger partial charge in [0.1, 0.15) is 0 Å². The maximum atomic E-state index is 11.9. The standard InChI is InChI=1S/C15H27N3O2/c16-13(19)15-5-1-3-12(15)9-18(11-15)10-14(20)4-2-7-17-8-6-14/h12,17,20H,1-11H2,(H2,16,19)/t12-,14?,15-/m0/s1. The molecule has 20 heavy (non-hydrogen) atoms. The van der Waals surface area contributed by atoms with Crippen LogP contribution in [0.1, 0.15) is 38.5 Å². The Morgan fingerprint density at radius 3 is 2.90 bits per heavy atom. The van der Waals surface area contributed by atoms with Gasteiger partial charge in [0.05, 0.1) is 11.0 Å². The zero-order valence-corrected chi connectivity index (χ0v) is 12.2. The predicted molar refractivity (Wildman–Crippen MR) is 77.1 cm³/mol. The SMILES string of the molecule is NC(=O)[C@]12CCC[C@H]1CN(CC1(O)CCCNCC1)C2. The number of primary amides is 1. The lowest BCUT2D eigenvalue weighted by Crippen LogP contribution is -2.45. The highest BCUT2D eigenvalue weighted by Crippen LogP contribution is 2.48. The summed E-state index contributed by atoms with van der Waals surface area (Å²) >= 11 is 0. The second-order valence-electron chi connectivity index (χ2n) is 7.11. The number of nitrogens with one attached hydrogen (secondary N) is 1. The highest BCUT2D eigenvalue weighted by Gasteiger charge is 2.54. The van der Waals surface area contributed by atoms with Crippen LogP contribution in [-0.4, -0.2) is 54.2 Å². The van der Waals surface area contributed by atoms with Gasteiger partial charge in [0.25, 0.3) is 0 Å². The lowest BCUT2D eigenvalue weighted by Gasteiger charge is -2.32. The molecule has 0 aromatic rings. The number of hydrogen-bond acceptors (Lipinski definition) is 4. The van der Waals surface area contributed by atoms with Crippen molar-refractivity contribution in [3.05, 3.63) is 0 Å². The lowest BCUT2D eigenvalue weighted by molar-refractivity contribution is -0.128. The average molecular weight is 281 g/mol. The van der Waals surface area contributed by atoms with Crippen LogP contribution in [0.5, 0.6) is 0 Å². The van der Waals surface area contributed by atoms with Crippen LogP contribution in [0.2, 0.25) is 0 Å². The molecule has 0 bridgehead atoms. The van der Waals surface area contributed by atoms with Crippen LogP contribution in [0.25, 0.3) is 0 Å². The molecule has 114 valence electrons. The Bertz CT molecular complexity index is 379. The highest BCUT2D eigenvalue weighted by molar-refractivity contribution is 5.82. The van der Waals surface area contributed by atoms with Crippen molar-refractivity contribution in [1.82, 2.24) is 10.2 Å². The number of rotatable bonds is 3. The molecule has 3 fully saturated rings. The third-order valence-corrected chi connectivity index (χ3v) is 5.71. The number of carbonyl (C=O) groups is 1. The maximum absolute atomic E-state index is 11.9. The van der Waals surface area contributed by atoms with Crippen LogP contribution in [0.3, 0.4) is 0 Å². The number of amides is 1. The first-order chi connectivity index (χ1) is 9.54. The molecule has 1 saturated carbocycles. The van der Waals surface area contributed by atoms with Crippen molar-refractivity contribution in [2.45, 2.75) is 44.1 Å². The van der Waals surface area contributed by atoms with Crippen LogP contribution < -0.4 is 11.1 Å². The van der Waals surface area contributed by atoms with Crippen molar-refractivity contribution in [1.29, 1.82) is 0 Å². The van der Waals surface area contributed by atoms with E-state index < -0.39 is 5.60 Å². The summed E-state index contributed by atoms with van der Waals surface area (Å²) in [6, 6.07) is 0. The third-order valence-electron chi connectivity index (χ3n) is 5.71. The van der Waals surface area contributed by atoms with Gasteiger partial charge in [-0.05, 0) is 51.1 Å². The topological polar surface area (TPSA) is 78.6 Å². The second kappa shape index (κ2) is 5.28. The quantitative estimate of drug-likeness (QED) is 0.684. The summed E-state index contributed by atoms with van der Waals surface area (Å²) in [5.41, 5.74) is 4.79. The number of β-amino-alcohol motifs (C(OH)–C–C–N with tert-alkyl or cyclic N) is 1. The van der Waals surface area contributed by atoms with Gasteiger partial charge in [0.2, 0.25) is 5.91 Å². The van der Waals surface area contributed by atoms with E-state index in [4.69, 9.17) is 5.73 Å². The smallest absolute Gasteiger partial charge is 0.225 e. The van der Waals surface area contributed by atoms with Gasteiger partial charge in [-0.3, -0.25) is 9.69 Å². The Morgan fingerprint density at radius 1 is 1.30 bits per heavy atom. The first-order valence-electron chi connectivity index (χ1n) is 8.00. The molecule has 3 rings (SSSR count). The van der Waals surface area contributed by atoms with E-state index in [9.17, 15) is 9.90 Å². The van der Waals surface area contributed by atoms with Crippen molar-refractivity contribution in [3.63, 3.8) is 0 Å². The minimum atomic E-state index is -0.596. The number of aliphatic hydroxyl groups is 1. The van der Waals surface area contributed by atoms with Crippen LogP contribution >= 0.6 is 0 Å². The molecule has 1 unspecified atom stereocenters. The van der Waals surface area contributed by atoms with Gasteiger partial charge in [-0.2, -0.15) is 0 Å². The van der Waals surface area contributed by atoms with E-state index in [1.807, 2.05) is 0 Å². The third kappa shape index (κ3) is 2.47. The Kier molecular flexibility index (Phi) is 3.77. The fraction of sp³-hybridized carbons (Fsp3) is 0.933. The molecule has 2 heterocycles. The van der Waals surface area contributed by atoms with Crippen molar-refractivity contribution in [2.24, 2.45) is 17.1 Å². The molecule has 0 aromatic heterocycles. The number of fused-ring (bicyclic) bond motifs is 1. The van der Waals surface area contributed by atoms with Gasteiger partial charge in [-0.15, -0.1) is 0 Å². The molecule has 0 aromatic carbocycles. The zero-order chi connectivity index (χ0) is 14.2. The Labute approximate surface area is 120 Å². The summed E-state index contributed by atoms with van der Waals surface area (Å²) < 4.78 is 0. The number of nitrogens with two attached hydrogens (primary N) is 1. The molecule has 5 heteroatoms. The van der Waals surface area contributed by atoms with Gasteiger partial charge in [0.15, 0.2) is 0 Å². The van der Waals surface area contributed by atoms with E-state index >= 15 is 0 Å². The van der Waals surface area contributed by atoms with Crippen LogP contribution in [0.15, 0.2) is 0 Å². The summed E-state index contributed by atoms with van der Waals surface area (Å²) in [5.74, 6) is 0.282. The molecule has 1 amide bonds. The Morgan fingerprint density at radius 2 is 2.15 bits per heavy atom. The van der Waals surface area contributed by atoms with E-state index in [2.05, 4.69) is 10.2 Å². The monoisotopic (exact) mass is 281 g/mol. The Hall–Kier alpha value is -0.650. The average Bonchev–Trinajstić information content (AvgIpc) is 2.83. The fourth-order valence-corrected chi connectivity index (χ4v) is 4.60. The van der Waals surface area contributed by atoms with Crippen LogP contribution in [-0.2, 0) is 4.79 Å². The van der Waals surface area contributed by atoms with E-state index in [1.54, 1.807) is 0 Å². The van der Waals surface area contributed by atoms with Crippen molar-refractivity contribution < 1.29 is 9.90 Å². The first kappa shape index (κ1) is 14.3. The van der Waals surface area contributed by atoms with Gasteiger partial charge in [-0.25, -0.2) is 0 Å². The number of nitrogens with zero attached hydrogens (tertiary/aromatic N) is 1. The first-order valence-corrected chi connectivity index (χ1v) is 8.00. The maximum Gasteiger partial charge on any atom is 0.225 e. The number of hydrogen-bond donors (Lipinski definition) is 3. The normalized spacial score (nSPS) is 42.4. The molecule has 0 spiro atoms. The minimum absolute atomic E-state index is 0.128. The molecule has 5 nitrogen and oxygen atoms in total. The molecule has 3 atom stereocenters. The van der Waals surface area contributed by atoms with E-state index in [1.165, 1.54) is 0 Å². The van der Waals surface area contributed by atoms with Crippen LogP contribution in [0.4, 0.5) is 0 Å². The van der Waals surface area contributed by atoms with Crippen LogP contribution in [0, 0.1) is 11.3 Å². The molecule has 3 aliphatic rings. The molecule has 1 aliphatic carbocycles. The van der Waals surface area contributed by atoms with E-state index in [-0.39, 0.29) is 11.3 Å². The zero-order valence-electron chi connectivity index (χ0n) is 12.2. The molecule has 2 saturated heterocycles. The van der Waals surface area contributed by atoms with Gasteiger partial charge in [0, 0.05) is 19.6 Å². The number of carbonyl (C=O) groups excluding carboxylic acids is 1. The largest absolute Gasteiger partial charge is 0.389 e. The van der Waals surface area contributed by atoms with Gasteiger partial charge in [-0.1, -0.05) is 6.42 Å². The summed E-state index contributed by atoms with van der Waals surface area (Å²) in [6.07, 6.45) is 5.84. The molecule has 0 radical (unpaired) electrons. The molecular formula is C15H27N3O2. The fourth-order valence-electron chi connectivity index (χ4n) is 4.60. The minimum Gasteiger partial charge on any atom is -0.389 e. The number of likely N-dealkylation sites (tertiary alicyclic amines) is 1. The second-order valence-corrected chi connectivity index (χ2v) is 7.11. The Balaban J connectivity index is 1.66. The lowest BCUT2D eigenvalue weighted by atomic mass is 9.80. The van der Waals surface area contributed by atoms with Crippen molar-refractivity contribution >= 4 is 5.91 Å². The van der Waals surface area contributed by atoms with E-state index in [0.29, 0.717) is 12.5 Å². The highest BCUT2D eigenvalue weighted by atomic mass is 16.3. The summed E-state index contributed by atoms with van der Waals surface area (Å²) in [5, 5.41) is 14.1. The van der Waals surface area contributed by atoms with Gasteiger partial charge < -0.3 is 16.2 Å². The summed E-state index contributed by atoms with van der Waals surface area (Å²) in [6.45, 7) is 4.26. The predicted octanol–water partition coefficient (Wildman–Crippen LogP) is 0.0784. The van der Waals surface area contributed by atoms with Crippen molar-refractivity contribution in [2.75, 3.05) is 32.7 Å². The summed E-state index contributed by atoms with van der Waals surface area (Å²) in [7, 11) is 0. The van der Waals surface area contributed by atoms with E-state index in [0.717, 1.165) is 64.7 Å².